The number of oxazole rings is 1. The molecule has 3 heteroatoms. The molecule has 3 nitrogen and oxygen atoms in total. The molecule has 0 aliphatic carbocycles. The molecule has 1 heterocycles. The largest absolute Gasteiger partial charge is 0.440 e. The van der Waals surface area contributed by atoms with E-state index in [2.05, 4.69) is 31.0 Å². The van der Waals surface area contributed by atoms with E-state index in [1.807, 2.05) is 6.07 Å². The van der Waals surface area contributed by atoms with Crippen LogP contribution < -0.4 is 5.73 Å². The lowest BCUT2D eigenvalue weighted by Gasteiger charge is -2.04. The average Bonchev–Trinajstić information content (AvgIpc) is 2.78. The topological polar surface area (TPSA) is 52.0 Å². The molecule has 0 saturated heterocycles. The van der Waals surface area contributed by atoms with Crippen molar-refractivity contribution in [3.8, 4) is 0 Å². The maximum atomic E-state index is 5.77. The lowest BCUT2D eigenvalue weighted by atomic mass is 10.1. The molecule has 1 atom stereocenters. The summed E-state index contributed by atoms with van der Waals surface area (Å²) in [5.41, 5.74) is 8.67. The van der Waals surface area contributed by atoms with Gasteiger partial charge in [-0.25, -0.2) is 4.98 Å². The van der Waals surface area contributed by atoms with Gasteiger partial charge in [-0.1, -0.05) is 19.9 Å². The van der Waals surface area contributed by atoms with Crippen LogP contribution in [0, 0.1) is 0 Å². The van der Waals surface area contributed by atoms with Crippen LogP contribution in [0.1, 0.15) is 44.1 Å². The average molecular weight is 232 g/mol. The fourth-order valence-corrected chi connectivity index (χ4v) is 1.97. The minimum Gasteiger partial charge on any atom is -0.440 e. The summed E-state index contributed by atoms with van der Waals surface area (Å²) in [6.07, 6.45) is 3.07. The van der Waals surface area contributed by atoms with E-state index < -0.39 is 0 Å². The number of aromatic nitrogens is 1. The van der Waals surface area contributed by atoms with Crippen LogP contribution in [0.15, 0.2) is 22.6 Å². The summed E-state index contributed by atoms with van der Waals surface area (Å²) in [7, 11) is 0. The molecule has 0 saturated carbocycles. The van der Waals surface area contributed by atoms with E-state index in [0.717, 1.165) is 42.8 Å². The first kappa shape index (κ1) is 12.1. The second-order valence-electron chi connectivity index (χ2n) is 4.54. The summed E-state index contributed by atoms with van der Waals surface area (Å²) in [6.45, 7) is 5.01. The zero-order chi connectivity index (χ0) is 12.3. The normalized spacial score (nSPS) is 13.1. The Labute approximate surface area is 102 Å². The second kappa shape index (κ2) is 5.32. The Balaban J connectivity index is 2.24. The molecule has 92 valence electrons. The molecule has 1 aromatic carbocycles. The van der Waals surface area contributed by atoms with Gasteiger partial charge in [-0.2, -0.15) is 0 Å². The van der Waals surface area contributed by atoms with Crippen LogP contribution in [0.25, 0.3) is 11.1 Å². The summed E-state index contributed by atoms with van der Waals surface area (Å²) in [4.78, 5) is 4.57. The summed E-state index contributed by atoms with van der Waals surface area (Å²) >= 11 is 0. The third kappa shape index (κ3) is 2.67. The van der Waals surface area contributed by atoms with Crippen LogP contribution in [-0.4, -0.2) is 11.5 Å². The Morgan fingerprint density at radius 3 is 2.94 bits per heavy atom. The number of aryl methyl sites for hydroxylation is 1. The highest BCUT2D eigenvalue weighted by Crippen LogP contribution is 2.25. The molecule has 2 N–H and O–H groups in total. The van der Waals surface area contributed by atoms with Crippen molar-refractivity contribution < 1.29 is 4.42 Å². The number of benzene rings is 1. The van der Waals surface area contributed by atoms with Gasteiger partial charge >= 0.3 is 0 Å². The van der Waals surface area contributed by atoms with Crippen LogP contribution >= 0.6 is 0 Å². The Bertz CT molecular complexity index is 490. The summed E-state index contributed by atoms with van der Waals surface area (Å²) in [6, 6.07) is 6.22. The van der Waals surface area contributed by atoms with Gasteiger partial charge in [0.05, 0.1) is 0 Å². The Morgan fingerprint density at radius 1 is 1.41 bits per heavy atom. The fourth-order valence-electron chi connectivity index (χ4n) is 1.97. The van der Waals surface area contributed by atoms with E-state index >= 15 is 0 Å². The second-order valence-corrected chi connectivity index (χ2v) is 4.54. The van der Waals surface area contributed by atoms with Crippen molar-refractivity contribution in [3.05, 3.63) is 29.7 Å². The quantitative estimate of drug-likeness (QED) is 0.861. The Morgan fingerprint density at radius 2 is 2.24 bits per heavy atom. The molecule has 1 unspecified atom stereocenters. The molecule has 0 amide bonds. The van der Waals surface area contributed by atoms with Gasteiger partial charge in [-0.05, 0) is 43.5 Å². The SMILES string of the molecule is CCc1ccc2oc(C(C)CCCN)nc2c1. The number of hydrogen-bond donors (Lipinski definition) is 1. The molecule has 2 aromatic rings. The highest BCUT2D eigenvalue weighted by Gasteiger charge is 2.13. The molecule has 2 rings (SSSR count). The molecule has 0 aliphatic rings. The van der Waals surface area contributed by atoms with E-state index in [0.29, 0.717) is 5.92 Å². The van der Waals surface area contributed by atoms with Gasteiger partial charge in [0.1, 0.15) is 5.52 Å². The summed E-state index contributed by atoms with van der Waals surface area (Å²) in [5, 5.41) is 0. The third-order valence-electron chi connectivity index (χ3n) is 3.14. The molecular weight excluding hydrogens is 212 g/mol. The Kier molecular flexibility index (Phi) is 3.79. The lowest BCUT2D eigenvalue weighted by molar-refractivity contribution is 0.464. The van der Waals surface area contributed by atoms with Gasteiger partial charge in [0, 0.05) is 5.92 Å². The molecule has 0 aliphatic heterocycles. The van der Waals surface area contributed by atoms with E-state index in [1.165, 1.54) is 5.56 Å². The van der Waals surface area contributed by atoms with Crippen LogP contribution in [0.4, 0.5) is 0 Å². The number of nitrogens with two attached hydrogens (primary N) is 1. The smallest absolute Gasteiger partial charge is 0.198 e. The molecule has 0 spiro atoms. The molecule has 0 bridgehead atoms. The Hall–Kier alpha value is -1.35. The van der Waals surface area contributed by atoms with Crippen molar-refractivity contribution in [1.82, 2.24) is 4.98 Å². The van der Waals surface area contributed by atoms with E-state index in [9.17, 15) is 0 Å². The third-order valence-corrected chi connectivity index (χ3v) is 3.14. The summed E-state index contributed by atoms with van der Waals surface area (Å²) in [5.74, 6) is 1.18. The van der Waals surface area contributed by atoms with E-state index in [1.54, 1.807) is 0 Å². The molecule has 0 radical (unpaired) electrons. The van der Waals surface area contributed by atoms with Gasteiger partial charge < -0.3 is 10.2 Å². The number of rotatable bonds is 5. The monoisotopic (exact) mass is 232 g/mol. The fraction of sp³-hybridized carbons (Fsp3) is 0.500. The number of fused-ring (bicyclic) bond motifs is 1. The molecular formula is C14H20N2O. The predicted octanol–water partition coefficient (Wildman–Crippen LogP) is 3.23. The molecule has 1 aromatic heterocycles. The minimum absolute atomic E-state index is 0.344. The molecule has 17 heavy (non-hydrogen) atoms. The highest BCUT2D eigenvalue weighted by atomic mass is 16.3. The maximum Gasteiger partial charge on any atom is 0.198 e. The van der Waals surface area contributed by atoms with Gasteiger partial charge in [0.15, 0.2) is 11.5 Å². The van der Waals surface area contributed by atoms with Crippen molar-refractivity contribution in [2.24, 2.45) is 5.73 Å². The first-order valence-electron chi connectivity index (χ1n) is 6.34. The van der Waals surface area contributed by atoms with E-state index in [-0.39, 0.29) is 0 Å². The van der Waals surface area contributed by atoms with Crippen molar-refractivity contribution in [2.75, 3.05) is 6.54 Å². The summed E-state index contributed by atoms with van der Waals surface area (Å²) < 4.78 is 5.77. The van der Waals surface area contributed by atoms with Crippen molar-refractivity contribution in [1.29, 1.82) is 0 Å². The van der Waals surface area contributed by atoms with E-state index in [4.69, 9.17) is 10.2 Å². The maximum absolute atomic E-state index is 5.77. The van der Waals surface area contributed by atoms with Crippen LogP contribution in [-0.2, 0) is 6.42 Å². The first-order valence-corrected chi connectivity index (χ1v) is 6.34. The predicted molar refractivity (Wildman–Crippen MR) is 70.1 cm³/mol. The van der Waals surface area contributed by atoms with Gasteiger partial charge in [0.25, 0.3) is 0 Å². The standard InChI is InChI=1S/C14H20N2O/c1-3-11-6-7-13-12(9-11)16-14(17-13)10(2)5-4-8-15/h6-7,9-10H,3-5,8,15H2,1-2H3. The van der Waals surface area contributed by atoms with Crippen LogP contribution in [0.5, 0.6) is 0 Å². The highest BCUT2D eigenvalue weighted by molar-refractivity contribution is 5.73. The zero-order valence-electron chi connectivity index (χ0n) is 10.6. The number of hydrogen-bond acceptors (Lipinski definition) is 3. The van der Waals surface area contributed by atoms with Crippen molar-refractivity contribution in [3.63, 3.8) is 0 Å². The zero-order valence-corrected chi connectivity index (χ0v) is 10.6. The van der Waals surface area contributed by atoms with Crippen LogP contribution in [0.2, 0.25) is 0 Å². The van der Waals surface area contributed by atoms with Crippen molar-refractivity contribution in [2.45, 2.75) is 39.0 Å². The lowest BCUT2D eigenvalue weighted by Crippen LogP contribution is -2.02. The first-order chi connectivity index (χ1) is 8.24. The molecule has 0 fully saturated rings. The number of nitrogens with zero attached hydrogens (tertiary/aromatic N) is 1. The minimum atomic E-state index is 0.344. The van der Waals surface area contributed by atoms with Gasteiger partial charge in [-0.3, -0.25) is 0 Å². The van der Waals surface area contributed by atoms with Gasteiger partial charge in [0.2, 0.25) is 0 Å². The van der Waals surface area contributed by atoms with Crippen molar-refractivity contribution >= 4 is 11.1 Å². The van der Waals surface area contributed by atoms with Gasteiger partial charge in [-0.15, -0.1) is 0 Å². The van der Waals surface area contributed by atoms with Crippen LogP contribution in [0.3, 0.4) is 0 Å².